The first kappa shape index (κ1) is 18.9. The molecule has 1 N–H and O–H groups in total. The lowest BCUT2D eigenvalue weighted by Gasteiger charge is -2.24. The number of hydrogen-bond donors (Lipinski definition) is 1. The molecular weight excluding hydrogens is 320 g/mol. The fourth-order valence-corrected chi connectivity index (χ4v) is 3.04. The molecule has 0 saturated carbocycles. The van der Waals surface area contributed by atoms with Gasteiger partial charge in [-0.3, -0.25) is 0 Å². The summed E-state index contributed by atoms with van der Waals surface area (Å²) in [5.74, 6) is 2.29. The van der Waals surface area contributed by atoms with Gasteiger partial charge in [-0.15, -0.1) is 0 Å². The van der Waals surface area contributed by atoms with Crippen LogP contribution in [-0.2, 0) is 16.9 Å². The molecule has 2 rings (SSSR count). The normalized spacial score (nSPS) is 13.2. The molecule has 1 heterocycles. The molecule has 1 aromatic heterocycles. The summed E-state index contributed by atoms with van der Waals surface area (Å²) in [6, 6.07) is 5.68. The Kier molecular flexibility index (Phi) is 5.66. The van der Waals surface area contributed by atoms with Crippen molar-refractivity contribution < 1.29 is 9.84 Å². The smallest absolute Gasteiger partial charge is 0.141 e. The Morgan fingerprint density at radius 3 is 2.54 bits per heavy atom. The summed E-state index contributed by atoms with van der Waals surface area (Å²) in [6.45, 7) is 7.54. The molecule has 0 aliphatic rings. The number of benzene rings is 1. The number of ether oxygens (including phenoxy) is 1. The highest BCUT2D eigenvalue weighted by molar-refractivity contribution is 8.32. The van der Waals surface area contributed by atoms with Crippen LogP contribution >= 0.6 is 10.0 Å². The first-order valence-electron chi connectivity index (χ1n) is 8.17. The van der Waals surface area contributed by atoms with E-state index in [0.29, 0.717) is 12.5 Å². The summed E-state index contributed by atoms with van der Waals surface area (Å²) in [5, 5.41) is 10.1. The number of nitrogens with zero attached hydrogens (tertiary/aromatic N) is 2. The van der Waals surface area contributed by atoms with E-state index in [0.717, 1.165) is 29.3 Å². The predicted molar refractivity (Wildman–Crippen MR) is 104 cm³/mol. The van der Waals surface area contributed by atoms with Crippen molar-refractivity contribution in [1.29, 1.82) is 0 Å². The first-order chi connectivity index (χ1) is 11.1. The molecule has 4 nitrogen and oxygen atoms in total. The van der Waals surface area contributed by atoms with Crippen LogP contribution < -0.4 is 0 Å². The Labute approximate surface area is 147 Å². The van der Waals surface area contributed by atoms with Gasteiger partial charge in [0.1, 0.15) is 18.3 Å². The topological polar surface area (TPSA) is 47.3 Å². The lowest BCUT2D eigenvalue weighted by atomic mass is 9.85. The predicted octanol–water partition coefficient (Wildman–Crippen LogP) is 4.22. The summed E-state index contributed by atoms with van der Waals surface area (Å²) < 4.78 is 7.84. The Balaban J connectivity index is 2.15. The average molecular weight is 351 g/mol. The number of rotatable bonds is 6. The van der Waals surface area contributed by atoms with E-state index in [4.69, 9.17) is 4.74 Å². The lowest BCUT2D eigenvalue weighted by molar-refractivity contribution is 0.0907. The molecular formula is C19H30N2O2S. The summed E-state index contributed by atoms with van der Waals surface area (Å²) in [5.41, 5.74) is 1.79. The van der Waals surface area contributed by atoms with Crippen molar-refractivity contribution in [1.82, 2.24) is 9.55 Å². The minimum absolute atomic E-state index is 0.122. The summed E-state index contributed by atoms with van der Waals surface area (Å²) >= 11 is 0. The molecule has 0 atom stereocenters. The molecule has 0 aliphatic heterocycles. The third-order valence-corrected chi connectivity index (χ3v) is 5.24. The lowest BCUT2D eigenvalue weighted by Crippen LogP contribution is -2.12. The van der Waals surface area contributed by atoms with Gasteiger partial charge in [-0.05, 0) is 47.9 Å². The van der Waals surface area contributed by atoms with Crippen LogP contribution in [-0.4, -0.2) is 45.8 Å². The highest BCUT2D eigenvalue weighted by atomic mass is 32.3. The zero-order valence-electron chi connectivity index (χ0n) is 15.7. The van der Waals surface area contributed by atoms with E-state index in [1.807, 2.05) is 22.9 Å². The van der Waals surface area contributed by atoms with Gasteiger partial charge in [0.25, 0.3) is 0 Å². The van der Waals surface area contributed by atoms with Gasteiger partial charge < -0.3 is 14.4 Å². The van der Waals surface area contributed by atoms with Gasteiger partial charge >= 0.3 is 0 Å². The van der Waals surface area contributed by atoms with Gasteiger partial charge in [0.2, 0.25) is 0 Å². The minimum atomic E-state index is -0.532. The number of phenols is 1. The fourth-order valence-electron chi connectivity index (χ4n) is 2.42. The molecule has 0 radical (unpaired) electrons. The molecule has 0 spiro atoms. The van der Waals surface area contributed by atoms with Crippen molar-refractivity contribution in [3.05, 3.63) is 36.2 Å². The van der Waals surface area contributed by atoms with Crippen LogP contribution in [0.4, 0.5) is 0 Å². The van der Waals surface area contributed by atoms with Crippen LogP contribution in [0.2, 0.25) is 0 Å². The van der Waals surface area contributed by atoms with Crippen molar-refractivity contribution >= 4 is 10.0 Å². The van der Waals surface area contributed by atoms with Crippen LogP contribution in [0.3, 0.4) is 0 Å². The maximum absolute atomic E-state index is 10.1. The van der Waals surface area contributed by atoms with E-state index in [-0.39, 0.29) is 5.41 Å². The van der Waals surface area contributed by atoms with Crippen LogP contribution in [0, 0.1) is 0 Å². The van der Waals surface area contributed by atoms with Crippen molar-refractivity contribution in [3.8, 4) is 17.1 Å². The van der Waals surface area contributed by atoms with Gasteiger partial charge in [-0.25, -0.2) is 15.0 Å². The Hall–Kier alpha value is -1.46. The van der Waals surface area contributed by atoms with Gasteiger partial charge in [0.05, 0.1) is 6.61 Å². The maximum Gasteiger partial charge on any atom is 0.141 e. The van der Waals surface area contributed by atoms with Gasteiger partial charge in [0, 0.05) is 23.7 Å². The second kappa shape index (κ2) is 7.19. The molecule has 0 fully saturated rings. The molecule has 0 bridgehead atoms. The van der Waals surface area contributed by atoms with Crippen LogP contribution in [0.5, 0.6) is 5.75 Å². The van der Waals surface area contributed by atoms with Gasteiger partial charge in [0.15, 0.2) is 0 Å². The van der Waals surface area contributed by atoms with E-state index in [1.165, 1.54) is 0 Å². The van der Waals surface area contributed by atoms with Crippen molar-refractivity contribution in [3.63, 3.8) is 0 Å². The summed E-state index contributed by atoms with van der Waals surface area (Å²) in [4.78, 5) is 4.47. The summed E-state index contributed by atoms with van der Waals surface area (Å²) in [7, 11) is -0.532. The molecule has 5 heteroatoms. The van der Waals surface area contributed by atoms with E-state index < -0.39 is 10.0 Å². The third-order valence-electron chi connectivity index (χ3n) is 3.85. The van der Waals surface area contributed by atoms with Gasteiger partial charge in [-0.2, -0.15) is 0 Å². The zero-order valence-corrected chi connectivity index (χ0v) is 16.5. The Morgan fingerprint density at radius 1 is 1.21 bits per heavy atom. The van der Waals surface area contributed by atoms with Gasteiger partial charge in [-0.1, -0.05) is 20.8 Å². The highest BCUT2D eigenvalue weighted by Gasteiger charge is 2.19. The number of aromatic hydroxyl groups is 1. The zero-order chi connectivity index (χ0) is 18.0. The monoisotopic (exact) mass is 350 g/mol. The molecule has 0 amide bonds. The molecule has 0 aliphatic carbocycles. The second-order valence-corrected chi connectivity index (χ2v) is 12.6. The average Bonchev–Trinajstić information content (AvgIpc) is 2.90. The van der Waals surface area contributed by atoms with E-state index in [1.54, 1.807) is 12.3 Å². The Bertz CT molecular complexity index is 681. The van der Waals surface area contributed by atoms with E-state index in [2.05, 4.69) is 44.5 Å². The third kappa shape index (κ3) is 5.02. The van der Waals surface area contributed by atoms with Crippen LogP contribution in [0.25, 0.3) is 11.4 Å². The van der Waals surface area contributed by atoms with Crippen LogP contribution in [0.15, 0.2) is 30.6 Å². The van der Waals surface area contributed by atoms with E-state index in [9.17, 15) is 5.11 Å². The molecule has 0 unspecified atom stereocenters. The molecule has 1 aromatic carbocycles. The quantitative estimate of drug-likeness (QED) is 0.794. The SMILES string of the molecule is CC(C)(C)c1cc(-c2nccn2COCCS(C)(C)C)ccc1O. The first-order valence-corrected chi connectivity index (χ1v) is 11.2. The largest absolute Gasteiger partial charge is 0.508 e. The number of phenolic OH excluding ortho intramolecular Hbond substituents is 1. The highest BCUT2D eigenvalue weighted by Crippen LogP contribution is 2.34. The molecule has 2 aromatic rings. The van der Waals surface area contributed by atoms with Crippen LogP contribution in [0.1, 0.15) is 26.3 Å². The van der Waals surface area contributed by atoms with Crippen molar-refractivity contribution in [2.75, 3.05) is 31.1 Å². The molecule has 24 heavy (non-hydrogen) atoms. The van der Waals surface area contributed by atoms with Crippen molar-refractivity contribution in [2.24, 2.45) is 0 Å². The maximum atomic E-state index is 10.1. The Morgan fingerprint density at radius 2 is 1.92 bits per heavy atom. The standard InChI is InChI=1S/C19H30N2O2S/c1-19(2,3)16-13-15(7-8-17(16)22)18-20-9-10-21(18)14-23-11-12-24(4,5)6/h7-10,13,22H,11-12,14H2,1-6H3. The fraction of sp³-hybridized carbons (Fsp3) is 0.526. The number of imidazole rings is 1. The molecule has 0 saturated heterocycles. The second-order valence-electron chi connectivity index (χ2n) is 8.03. The molecule has 134 valence electrons. The number of aromatic nitrogens is 2. The number of hydrogen-bond acceptors (Lipinski definition) is 3. The van der Waals surface area contributed by atoms with Crippen molar-refractivity contribution in [2.45, 2.75) is 32.9 Å². The summed E-state index contributed by atoms with van der Waals surface area (Å²) in [6.07, 6.45) is 10.6. The minimum Gasteiger partial charge on any atom is -0.508 e. The van der Waals surface area contributed by atoms with E-state index >= 15 is 0 Å².